The lowest BCUT2D eigenvalue weighted by molar-refractivity contribution is -0.139. The van der Waals surface area contributed by atoms with E-state index >= 15 is 0 Å². The summed E-state index contributed by atoms with van der Waals surface area (Å²) in [6.07, 6.45) is 3.78. The van der Waals surface area contributed by atoms with Crippen molar-refractivity contribution < 1.29 is 19.4 Å². The zero-order valence-corrected chi connectivity index (χ0v) is 20.3. The van der Waals surface area contributed by atoms with Crippen LogP contribution in [-0.2, 0) is 18.3 Å². The van der Waals surface area contributed by atoms with E-state index in [1.807, 2.05) is 0 Å². The van der Waals surface area contributed by atoms with Crippen LogP contribution in [-0.4, -0.2) is 39.4 Å². The number of carbonyl (C=O) groups is 2. The van der Waals surface area contributed by atoms with Crippen LogP contribution in [0.2, 0.25) is 10.0 Å². The fourth-order valence-corrected chi connectivity index (χ4v) is 4.15. The van der Waals surface area contributed by atoms with E-state index in [1.165, 1.54) is 23.0 Å². The maximum absolute atomic E-state index is 12.8. The van der Waals surface area contributed by atoms with E-state index in [0.29, 0.717) is 35.0 Å². The maximum Gasteiger partial charge on any atom is 0.326 e. The monoisotopic (exact) mass is 515 g/mol. The molecule has 0 spiro atoms. The number of carboxylic acids is 1. The number of aliphatic carboxylic acids is 1. The van der Waals surface area contributed by atoms with Crippen LogP contribution in [0, 0.1) is 5.92 Å². The number of carboxylic acid groups (broad SMARTS) is 1. The highest BCUT2D eigenvalue weighted by atomic mass is 35.5. The minimum atomic E-state index is -1.22. The van der Waals surface area contributed by atoms with Gasteiger partial charge in [0.1, 0.15) is 6.04 Å². The van der Waals surface area contributed by atoms with Crippen LogP contribution < -0.4 is 15.6 Å². The molecule has 1 atom stereocenters. The fraction of sp³-hybridized carbons (Fsp3) is 0.280. The van der Waals surface area contributed by atoms with Crippen LogP contribution in [0.3, 0.4) is 0 Å². The van der Waals surface area contributed by atoms with Gasteiger partial charge in [0.2, 0.25) is 0 Å². The third-order valence-electron chi connectivity index (χ3n) is 5.75. The van der Waals surface area contributed by atoms with Crippen molar-refractivity contribution in [3.63, 3.8) is 0 Å². The number of hydrogen-bond acceptors (Lipinski definition) is 5. The Morgan fingerprint density at radius 3 is 2.43 bits per heavy atom. The number of nitrogens with one attached hydrogen (secondary N) is 1. The first-order valence-corrected chi connectivity index (χ1v) is 11.8. The smallest absolute Gasteiger partial charge is 0.326 e. The highest BCUT2D eigenvalue weighted by Crippen LogP contribution is 2.32. The summed E-state index contributed by atoms with van der Waals surface area (Å²) in [6.45, 7) is 0.537. The zero-order chi connectivity index (χ0) is 25.1. The second kappa shape index (κ2) is 10.5. The molecule has 1 aliphatic carbocycles. The number of hydrogen-bond donors (Lipinski definition) is 2. The van der Waals surface area contributed by atoms with Gasteiger partial charge in [-0.2, -0.15) is 5.10 Å². The first kappa shape index (κ1) is 24.8. The minimum Gasteiger partial charge on any atom is -0.491 e. The molecule has 2 aromatic carbocycles. The van der Waals surface area contributed by atoms with E-state index in [1.54, 1.807) is 37.4 Å². The normalized spacial score (nSPS) is 13.8. The van der Waals surface area contributed by atoms with Crippen LogP contribution in [0.5, 0.6) is 5.75 Å². The number of benzene rings is 2. The lowest BCUT2D eigenvalue weighted by Crippen LogP contribution is -2.42. The highest BCUT2D eigenvalue weighted by molar-refractivity contribution is 6.39. The molecule has 0 saturated heterocycles. The molecule has 4 rings (SSSR count). The minimum absolute atomic E-state index is 0.0167. The number of rotatable bonds is 9. The zero-order valence-electron chi connectivity index (χ0n) is 18.8. The molecule has 2 N–H and O–H groups in total. The number of carbonyl (C=O) groups excluding carboxylic acids is 1. The average Bonchev–Trinajstić information content (AvgIpc) is 3.64. The SMILES string of the molecule is Cn1ncc(OCC2CC2)c(-c2ccc(C[C@H](NC(=O)c3c(Cl)cccc3Cl)C(=O)O)cc2)c1=O. The van der Waals surface area contributed by atoms with Gasteiger partial charge in [-0.05, 0) is 42.0 Å². The molecule has 182 valence electrons. The largest absolute Gasteiger partial charge is 0.491 e. The van der Waals surface area contributed by atoms with Crippen molar-refractivity contribution in [2.75, 3.05) is 6.61 Å². The summed E-state index contributed by atoms with van der Waals surface area (Å²) in [4.78, 5) is 37.3. The van der Waals surface area contributed by atoms with Crippen LogP contribution in [0.4, 0.5) is 0 Å². The van der Waals surface area contributed by atoms with Crippen molar-refractivity contribution in [1.29, 1.82) is 0 Å². The van der Waals surface area contributed by atoms with Gasteiger partial charge in [-0.25, -0.2) is 9.48 Å². The van der Waals surface area contributed by atoms with Gasteiger partial charge in [-0.15, -0.1) is 0 Å². The summed E-state index contributed by atoms with van der Waals surface area (Å²) in [5, 5.41) is 16.5. The van der Waals surface area contributed by atoms with E-state index in [9.17, 15) is 19.5 Å². The van der Waals surface area contributed by atoms with E-state index < -0.39 is 17.9 Å². The molecule has 1 fully saturated rings. The molecule has 0 unspecified atom stereocenters. The number of amides is 1. The van der Waals surface area contributed by atoms with Gasteiger partial charge in [-0.3, -0.25) is 9.59 Å². The fourth-order valence-electron chi connectivity index (χ4n) is 3.58. The van der Waals surface area contributed by atoms with Gasteiger partial charge >= 0.3 is 5.97 Å². The van der Waals surface area contributed by atoms with Gasteiger partial charge < -0.3 is 15.2 Å². The Balaban J connectivity index is 1.53. The summed E-state index contributed by atoms with van der Waals surface area (Å²) < 4.78 is 7.10. The van der Waals surface area contributed by atoms with E-state index in [2.05, 4.69) is 10.4 Å². The summed E-state index contributed by atoms with van der Waals surface area (Å²) >= 11 is 12.1. The molecule has 0 bridgehead atoms. The molecule has 10 heteroatoms. The summed E-state index contributed by atoms with van der Waals surface area (Å²) in [6, 6.07) is 10.3. The number of aromatic nitrogens is 2. The van der Waals surface area contributed by atoms with Crippen molar-refractivity contribution in [3.05, 3.63) is 80.2 Å². The topological polar surface area (TPSA) is 111 Å². The second-order valence-electron chi connectivity index (χ2n) is 8.43. The van der Waals surface area contributed by atoms with Crippen molar-refractivity contribution in [3.8, 4) is 16.9 Å². The standard InChI is InChI=1S/C25H23Cl2N3O5/c1-30-24(32)21(20(12-28-30)35-13-15-5-6-15)16-9-7-14(8-10-16)11-19(25(33)34)29-23(31)22-17(26)3-2-4-18(22)27/h2-4,7-10,12,15,19H,5-6,11,13H2,1H3,(H,29,31)(H,33,34)/t19-/m0/s1. The second-order valence-corrected chi connectivity index (χ2v) is 9.24. The van der Waals surface area contributed by atoms with E-state index in [0.717, 1.165) is 12.8 Å². The van der Waals surface area contributed by atoms with E-state index in [-0.39, 0.29) is 27.6 Å². The Morgan fingerprint density at radius 2 is 1.83 bits per heavy atom. The average molecular weight is 516 g/mol. The molecule has 3 aromatic rings. The number of ether oxygens (including phenoxy) is 1. The molecule has 0 radical (unpaired) electrons. The van der Waals surface area contributed by atoms with Crippen LogP contribution in [0.15, 0.2) is 53.5 Å². The van der Waals surface area contributed by atoms with Crippen molar-refractivity contribution in [2.45, 2.75) is 25.3 Å². The predicted molar refractivity (Wildman–Crippen MR) is 132 cm³/mol. The highest BCUT2D eigenvalue weighted by Gasteiger charge is 2.25. The first-order chi connectivity index (χ1) is 16.7. The molecule has 35 heavy (non-hydrogen) atoms. The summed E-state index contributed by atoms with van der Waals surface area (Å²) in [5.74, 6) is -0.954. The number of aryl methyl sites for hydroxylation is 1. The van der Waals surface area contributed by atoms with Crippen LogP contribution in [0.25, 0.3) is 11.1 Å². The molecule has 0 aliphatic heterocycles. The van der Waals surface area contributed by atoms with E-state index in [4.69, 9.17) is 27.9 Å². The van der Waals surface area contributed by atoms with Crippen molar-refractivity contribution in [2.24, 2.45) is 13.0 Å². The van der Waals surface area contributed by atoms with Crippen LogP contribution in [0.1, 0.15) is 28.8 Å². The Hall–Kier alpha value is -3.36. The molecule has 8 nitrogen and oxygen atoms in total. The summed E-state index contributed by atoms with van der Waals surface area (Å²) in [5.41, 5.74) is 1.40. The third-order valence-corrected chi connectivity index (χ3v) is 6.38. The molecule has 1 heterocycles. The molecule has 1 aromatic heterocycles. The number of halogens is 2. The lowest BCUT2D eigenvalue weighted by Gasteiger charge is -2.16. The molecule has 1 saturated carbocycles. The summed E-state index contributed by atoms with van der Waals surface area (Å²) in [7, 11) is 1.57. The Morgan fingerprint density at radius 1 is 1.17 bits per heavy atom. The third kappa shape index (κ3) is 5.83. The van der Waals surface area contributed by atoms with Gasteiger partial charge in [0.25, 0.3) is 11.5 Å². The van der Waals surface area contributed by atoms with Gasteiger partial charge in [-0.1, -0.05) is 53.5 Å². The van der Waals surface area contributed by atoms with Crippen molar-refractivity contribution in [1.82, 2.24) is 15.1 Å². The van der Waals surface area contributed by atoms with Gasteiger partial charge in [0, 0.05) is 13.5 Å². The number of nitrogens with zero attached hydrogens (tertiary/aromatic N) is 2. The molecule has 1 aliphatic rings. The first-order valence-electron chi connectivity index (χ1n) is 11.0. The Kier molecular flexibility index (Phi) is 7.42. The molecule has 1 amide bonds. The van der Waals surface area contributed by atoms with Crippen LogP contribution >= 0.6 is 23.2 Å². The predicted octanol–water partition coefficient (Wildman–Crippen LogP) is 3.97. The molecular formula is C25H23Cl2N3O5. The molecular weight excluding hydrogens is 493 g/mol. The maximum atomic E-state index is 12.8. The lowest BCUT2D eigenvalue weighted by atomic mass is 10.0. The Bertz CT molecular complexity index is 1300. The van der Waals surface area contributed by atoms with Crippen molar-refractivity contribution >= 4 is 35.1 Å². The Labute approximate surface area is 211 Å². The quantitative estimate of drug-likeness (QED) is 0.446. The van der Waals surface area contributed by atoms with Gasteiger partial charge in [0.15, 0.2) is 5.75 Å². The van der Waals surface area contributed by atoms with Gasteiger partial charge in [0.05, 0.1) is 34.0 Å².